The van der Waals surface area contributed by atoms with Crippen LogP contribution in [0.15, 0.2) is 30.6 Å². The van der Waals surface area contributed by atoms with Gasteiger partial charge in [0.15, 0.2) is 12.4 Å². The number of amides is 1. The van der Waals surface area contributed by atoms with Crippen LogP contribution < -0.4 is 15.4 Å². The molecule has 1 saturated heterocycles. The summed E-state index contributed by atoms with van der Waals surface area (Å²) in [4.78, 5) is 43.2. The summed E-state index contributed by atoms with van der Waals surface area (Å²) in [5, 5.41) is 29.7. The molecule has 4 atom stereocenters. The van der Waals surface area contributed by atoms with E-state index in [4.69, 9.17) is 25.1 Å². The third-order valence-corrected chi connectivity index (χ3v) is 4.29. The molecule has 0 aliphatic carbocycles. The molecule has 0 spiro atoms. The van der Waals surface area contributed by atoms with Crippen molar-refractivity contribution in [2.75, 3.05) is 13.7 Å². The van der Waals surface area contributed by atoms with Crippen LogP contribution in [0, 0.1) is 0 Å². The summed E-state index contributed by atoms with van der Waals surface area (Å²) in [6.07, 6.45) is -6.72. The molecule has 1 aliphatic rings. The number of halogens is 3. The maximum atomic E-state index is 11.8. The number of alkyl halides is 3. The molecule has 0 unspecified atom stereocenters. The Morgan fingerprint density at radius 1 is 1.15 bits per heavy atom. The molecule has 4 N–H and O–H groups in total. The minimum Gasteiger partial charge on any atom is -0.542 e. The lowest BCUT2D eigenvalue weighted by Crippen LogP contribution is -2.62. The molecule has 184 valence electrons. The first-order valence-corrected chi connectivity index (χ1v) is 9.07. The Bertz CT molecular complexity index is 852. The Hall–Kier alpha value is -3.30. The fraction of sp³-hybridized carbons (Fsp3) is 0.500. The average Bonchev–Trinajstić information content (AvgIpc) is 3.02. The number of aromatic nitrogens is 1. The van der Waals surface area contributed by atoms with E-state index in [-0.39, 0.29) is 12.8 Å². The van der Waals surface area contributed by atoms with Gasteiger partial charge >= 0.3 is 24.3 Å². The van der Waals surface area contributed by atoms with Crippen molar-refractivity contribution in [3.05, 3.63) is 30.6 Å². The highest BCUT2D eigenvalue weighted by atomic mass is 19.4. The number of carbonyl (C=O) groups is 4. The van der Waals surface area contributed by atoms with E-state index < -0.39 is 60.6 Å². The number of nitrogens with zero attached hydrogens (tertiary/aromatic N) is 1. The molecule has 1 aromatic rings. The van der Waals surface area contributed by atoms with Crippen LogP contribution in [0.5, 0.6) is 0 Å². The lowest BCUT2D eigenvalue weighted by atomic mass is 9.93. The number of methoxy groups -OCH3 is 1. The fourth-order valence-corrected chi connectivity index (χ4v) is 2.59. The van der Waals surface area contributed by atoms with Crippen molar-refractivity contribution < 1.29 is 66.4 Å². The van der Waals surface area contributed by atoms with Crippen LogP contribution >= 0.6 is 0 Å². The van der Waals surface area contributed by atoms with Gasteiger partial charge in [-0.15, -0.1) is 0 Å². The molecule has 0 aromatic carbocycles. The second-order valence-electron chi connectivity index (χ2n) is 6.53. The number of primary amides is 1. The molecule has 1 aromatic heterocycles. The lowest BCUT2D eigenvalue weighted by molar-refractivity contribution is -0.769. The zero-order valence-corrected chi connectivity index (χ0v) is 17.1. The number of esters is 2. The van der Waals surface area contributed by atoms with Crippen LogP contribution in [-0.2, 0) is 33.4 Å². The van der Waals surface area contributed by atoms with Gasteiger partial charge in [0.05, 0.1) is 20.0 Å². The Labute approximate surface area is 184 Å². The first-order valence-electron chi connectivity index (χ1n) is 9.07. The first-order chi connectivity index (χ1) is 15.2. The fourth-order valence-electron chi connectivity index (χ4n) is 2.59. The van der Waals surface area contributed by atoms with Crippen molar-refractivity contribution >= 4 is 23.8 Å². The zero-order chi connectivity index (χ0) is 25.4. The van der Waals surface area contributed by atoms with Crippen molar-refractivity contribution in [2.24, 2.45) is 5.73 Å². The number of aliphatic carboxylic acids is 1. The maximum absolute atomic E-state index is 11.8. The minimum absolute atomic E-state index is 0.156. The smallest absolute Gasteiger partial charge is 0.430 e. The van der Waals surface area contributed by atoms with E-state index in [1.807, 2.05) is 0 Å². The van der Waals surface area contributed by atoms with Crippen molar-refractivity contribution in [1.29, 1.82) is 0 Å². The van der Waals surface area contributed by atoms with Crippen LogP contribution in [0.25, 0.3) is 0 Å². The van der Waals surface area contributed by atoms with E-state index in [2.05, 4.69) is 4.74 Å². The van der Waals surface area contributed by atoms with Gasteiger partial charge in [-0.2, -0.15) is 17.7 Å². The van der Waals surface area contributed by atoms with Crippen molar-refractivity contribution in [3.8, 4) is 0 Å². The zero-order valence-electron chi connectivity index (χ0n) is 17.1. The molecule has 0 saturated carbocycles. The van der Waals surface area contributed by atoms with Gasteiger partial charge in [-0.05, 0) is 0 Å². The Kier molecular flexibility index (Phi) is 9.69. The summed E-state index contributed by atoms with van der Waals surface area (Å²) in [5.74, 6) is -5.47. The predicted molar refractivity (Wildman–Crippen MR) is 94.0 cm³/mol. The van der Waals surface area contributed by atoms with Crippen molar-refractivity contribution in [1.82, 2.24) is 0 Å². The lowest BCUT2D eigenvalue weighted by Gasteiger charge is -2.23. The molecule has 1 aliphatic heterocycles. The summed E-state index contributed by atoms with van der Waals surface area (Å²) in [7, 11) is 1.20. The predicted octanol–water partition coefficient (Wildman–Crippen LogP) is -2.76. The summed E-state index contributed by atoms with van der Waals surface area (Å²) >= 11 is 0. The number of carboxylic acid groups (broad SMARTS) is 1. The molecule has 12 nitrogen and oxygen atoms in total. The van der Waals surface area contributed by atoms with Crippen LogP contribution in [0.1, 0.15) is 19.1 Å². The number of carbonyl (C=O) groups excluding carboxylic acids is 4. The normalized spacial score (nSPS) is 24.2. The van der Waals surface area contributed by atoms with E-state index in [0.29, 0.717) is 0 Å². The van der Waals surface area contributed by atoms with E-state index >= 15 is 0 Å². The van der Waals surface area contributed by atoms with Crippen LogP contribution in [-0.4, -0.2) is 71.7 Å². The molecule has 2 rings (SSSR count). The highest BCUT2D eigenvalue weighted by Crippen LogP contribution is 2.35. The standard InChI is InChI=1S/C16H20N2O8.C2HF3O2/c1-24-11(19)5-6-12(20)25-9-10-13(21)16(23,14(17)22)15(26-10)18-7-3-2-4-8-18;3-2(4,5)1(6)7/h2-4,7-8,10,13,15,21,23H,5-6,9H2,1H3,(H-,17,22);(H,6,7)/t10-,13+,15-,16+;/m1./s1. The van der Waals surface area contributed by atoms with Gasteiger partial charge < -0.3 is 40.1 Å². The van der Waals surface area contributed by atoms with E-state index in [1.54, 1.807) is 18.2 Å². The average molecular weight is 482 g/mol. The van der Waals surface area contributed by atoms with E-state index in [0.717, 1.165) is 0 Å². The molecule has 1 fully saturated rings. The largest absolute Gasteiger partial charge is 0.542 e. The third kappa shape index (κ3) is 7.37. The SMILES string of the molecule is COC(=O)CCC(=O)OC[C@H]1O[C@@H]([n+]2ccccc2)[C@@](O)(C(N)=O)[C@H]1O.O=C([O-])C(F)(F)F. The second-order valence-corrected chi connectivity index (χ2v) is 6.53. The van der Waals surface area contributed by atoms with Crippen molar-refractivity contribution in [2.45, 2.75) is 43.1 Å². The van der Waals surface area contributed by atoms with Gasteiger partial charge in [0.1, 0.15) is 24.8 Å². The number of rotatable bonds is 7. The molecule has 33 heavy (non-hydrogen) atoms. The number of aliphatic hydroxyl groups is 2. The molecule has 2 heterocycles. The van der Waals surface area contributed by atoms with Gasteiger partial charge in [0.2, 0.25) is 0 Å². The molecular weight excluding hydrogens is 461 g/mol. The molecule has 0 bridgehead atoms. The van der Waals surface area contributed by atoms with E-state index in [9.17, 15) is 37.8 Å². The van der Waals surface area contributed by atoms with Crippen LogP contribution in [0.2, 0.25) is 0 Å². The van der Waals surface area contributed by atoms with Crippen LogP contribution in [0.3, 0.4) is 0 Å². The van der Waals surface area contributed by atoms with Gasteiger partial charge in [0, 0.05) is 12.1 Å². The number of hydrogen-bond donors (Lipinski definition) is 3. The number of nitrogens with two attached hydrogens (primary N) is 1. The first kappa shape index (κ1) is 27.7. The Morgan fingerprint density at radius 3 is 2.12 bits per heavy atom. The molecule has 1 amide bonds. The summed E-state index contributed by atoms with van der Waals surface area (Å²) in [5.41, 5.74) is 2.86. The quantitative estimate of drug-likeness (QED) is 0.271. The Morgan fingerprint density at radius 2 is 1.67 bits per heavy atom. The second kappa shape index (κ2) is 11.5. The topological polar surface area (TPSA) is 189 Å². The van der Waals surface area contributed by atoms with Crippen LogP contribution in [0.4, 0.5) is 13.2 Å². The third-order valence-electron chi connectivity index (χ3n) is 4.29. The number of hydrogen-bond acceptors (Lipinski definition) is 10. The van der Waals surface area contributed by atoms with Gasteiger partial charge in [-0.1, -0.05) is 6.07 Å². The number of ether oxygens (including phenoxy) is 3. The van der Waals surface area contributed by atoms with E-state index in [1.165, 1.54) is 24.1 Å². The minimum atomic E-state index is -5.19. The number of pyridine rings is 1. The monoisotopic (exact) mass is 482 g/mol. The summed E-state index contributed by atoms with van der Waals surface area (Å²) < 4.78 is 47.8. The van der Waals surface area contributed by atoms with Gasteiger partial charge in [0.25, 0.3) is 11.5 Å². The number of aliphatic hydroxyl groups excluding tert-OH is 1. The molecule has 0 radical (unpaired) electrons. The molecular formula is C18H21F3N2O10. The van der Waals surface area contributed by atoms with Crippen molar-refractivity contribution in [3.63, 3.8) is 0 Å². The van der Waals surface area contributed by atoms with Gasteiger partial charge in [-0.25, -0.2) is 0 Å². The highest BCUT2D eigenvalue weighted by Gasteiger charge is 2.65. The molecule has 15 heteroatoms. The summed E-state index contributed by atoms with van der Waals surface area (Å²) in [6.45, 7) is -0.430. The number of carboxylic acids is 1. The summed E-state index contributed by atoms with van der Waals surface area (Å²) in [6, 6.07) is 4.99. The maximum Gasteiger partial charge on any atom is 0.430 e. The highest BCUT2D eigenvalue weighted by molar-refractivity contribution is 5.84. The van der Waals surface area contributed by atoms with Gasteiger partial charge in [-0.3, -0.25) is 14.4 Å². The Balaban J connectivity index is 0.000000675.